The molecule has 0 aromatic rings. The van der Waals surface area contributed by atoms with Gasteiger partial charge in [0.15, 0.2) is 4.90 Å². The summed E-state index contributed by atoms with van der Waals surface area (Å²) in [6.07, 6.45) is 0.237. The van der Waals surface area contributed by atoms with E-state index in [1.54, 1.807) is 0 Å². The zero-order valence-electron chi connectivity index (χ0n) is 9.51. The SMILES string of the molecule is O=P(O)(O)C1(P(=O)(O)O)CCC2CNCC(S)C21. The molecule has 2 fully saturated rings. The van der Waals surface area contributed by atoms with Gasteiger partial charge in [-0.25, -0.2) is 0 Å². The Morgan fingerprint density at radius 3 is 2.17 bits per heavy atom. The molecule has 0 aromatic carbocycles. The van der Waals surface area contributed by atoms with E-state index in [0.29, 0.717) is 19.5 Å². The van der Waals surface area contributed by atoms with Gasteiger partial charge in [-0.05, 0) is 25.3 Å². The average Bonchev–Trinajstić information content (AvgIpc) is 2.57. The summed E-state index contributed by atoms with van der Waals surface area (Å²) in [5.74, 6) is -0.912. The van der Waals surface area contributed by atoms with Crippen molar-refractivity contribution in [2.24, 2.45) is 11.8 Å². The Hall–Kier alpha value is 0.610. The number of hydrogen-bond donors (Lipinski definition) is 6. The van der Waals surface area contributed by atoms with Crippen molar-refractivity contribution >= 4 is 27.8 Å². The monoisotopic (exact) mass is 317 g/mol. The van der Waals surface area contributed by atoms with Gasteiger partial charge in [0.2, 0.25) is 0 Å². The van der Waals surface area contributed by atoms with Crippen molar-refractivity contribution in [1.82, 2.24) is 5.32 Å². The molecule has 5 N–H and O–H groups in total. The Kier molecular flexibility index (Phi) is 3.81. The standard InChI is InChI=1S/C8H17NO6P2S/c10-16(11,12)8(17(13,14)15)2-1-5-3-9-4-6(18)7(5)8/h5-7,9,18H,1-4H2,(H2,10,11,12)(H2,13,14,15). The zero-order valence-corrected chi connectivity index (χ0v) is 12.2. The van der Waals surface area contributed by atoms with Crippen LogP contribution in [0.4, 0.5) is 0 Å². The van der Waals surface area contributed by atoms with Crippen LogP contribution in [0.25, 0.3) is 0 Å². The lowest BCUT2D eigenvalue weighted by molar-refractivity contribution is 0.238. The van der Waals surface area contributed by atoms with Crippen molar-refractivity contribution in [3.63, 3.8) is 0 Å². The molecule has 2 aliphatic rings. The van der Waals surface area contributed by atoms with Gasteiger partial charge in [0.1, 0.15) is 0 Å². The van der Waals surface area contributed by atoms with Gasteiger partial charge >= 0.3 is 15.2 Å². The fraction of sp³-hybridized carbons (Fsp3) is 1.00. The predicted molar refractivity (Wildman–Crippen MR) is 68.7 cm³/mol. The van der Waals surface area contributed by atoms with Gasteiger partial charge in [-0.2, -0.15) is 12.6 Å². The van der Waals surface area contributed by atoms with Gasteiger partial charge in [-0.3, -0.25) is 9.13 Å². The van der Waals surface area contributed by atoms with E-state index in [0.717, 1.165) is 0 Å². The molecule has 0 aromatic heterocycles. The smallest absolute Gasteiger partial charge is 0.324 e. The Labute approximate surface area is 110 Å². The normalized spacial score (nSPS) is 36.4. The summed E-state index contributed by atoms with van der Waals surface area (Å²) >= 11 is 4.26. The Morgan fingerprint density at radius 1 is 1.11 bits per heavy atom. The summed E-state index contributed by atoms with van der Waals surface area (Å²) in [7, 11) is -9.86. The zero-order chi connectivity index (χ0) is 13.8. The van der Waals surface area contributed by atoms with E-state index in [1.165, 1.54) is 0 Å². The number of hydrogen-bond acceptors (Lipinski definition) is 4. The Bertz CT molecular complexity index is 411. The lowest BCUT2D eigenvalue weighted by Crippen LogP contribution is -2.50. The third-order valence-corrected chi connectivity index (χ3v) is 9.24. The first kappa shape index (κ1) is 15.0. The van der Waals surface area contributed by atoms with Crippen molar-refractivity contribution in [3.05, 3.63) is 0 Å². The summed E-state index contributed by atoms with van der Waals surface area (Å²) in [6, 6.07) is 0. The van der Waals surface area contributed by atoms with E-state index in [2.05, 4.69) is 17.9 Å². The summed E-state index contributed by atoms with van der Waals surface area (Å²) in [5.41, 5.74) is 0. The van der Waals surface area contributed by atoms with Crippen LogP contribution in [0, 0.1) is 11.8 Å². The molecule has 10 heteroatoms. The molecule has 3 atom stereocenters. The number of rotatable bonds is 2. The second-order valence-corrected chi connectivity index (χ2v) is 9.81. The Balaban J connectivity index is 2.55. The quantitative estimate of drug-likeness (QED) is 0.312. The van der Waals surface area contributed by atoms with E-state index in [-0.39, 0.29) is 12.3 Å². The van der Waals surface area contributed by atoms with Crippen LogP contribution in [-0.4, -0.2) is 42.8 Å². The second-order valence-electron chi connectivity index (χ2n) is 5.02. The van der Waals surface area contributed by atoms with Crippen LogP contribution in [0.15, 0.2) is 0 Å². The van der Waals surface area contributed by atoms with Crippen molar-refractivity contribution in [1.29, 1.82) is 0 Å². The van der Waals surface area contributed by atoms with Crippen LogP contribution >= 0.6 is 27.8 Å². The first-order valence-corrected chi connectivity index (χ1v) is 9.35. The minimum Gasteiger partial charge on any atom is -0.324 e. The van der Waals surface area contributed by atoms with Crippen LogP contribution in [0.2, 0.25) is 0 Å². The van der Waals surface area contributed by atoms with E-state index in [1.807, 2.05) is 0 Å². The van der Waals surface area contributed by atoms with Gasteiger partial charge in [0, 0.05) is 17.7 Å². The second kappa shape index (κ2) is 4.57. The van der Waals surface area contributed by atoms with Crippen molar-refractivity contribution < 1.29 is 28.7 Å². The molecule has 106 valence electrons. The number of piperidine rings is 1. The molecule has 0 bridgehead atoms. The van der Waals surface area contributed by atoms with Gasteiger partial charge in [0.05, 0.1) is 0 Å². The highest BCUT2D eigenvalue weighted by Crippen LogP contribution is 2.78. The fourth-order valence-electron chi connectivity index (χ4n) is 3.37. The maximum Gasteiger partial charge on any atom is 0.344 e. The first-order chi connectivity index (χ1) is 8.11. The summed E-state index contributed by atoms with van der Waals surface area (Å²) in [5, 5.41) is 2.60. The largest absolute Gasteiger partial charge is 0.344 e. The summed E-state index contributed by atoms with van der Waals surface area (Å²) in [4.78, 5) is 35.8. The molecule has 0 spiro atoms. The van der Waals surface area contributed by atoms with E-state index in [9.17, 15) is 28.7 Å². The van der Waals surface area contributed by atoms with Gasteiger partial charge in [-0.15, -0.1) is 0 Å². The number of nitrogens with one attached hydrogen (secondary N) is 1. The molecule has 2 rings (SSSR count). The highest BCUT2D eigenvalue weighted by molar-refractivity contribution is 7.81. The van der Waals surface area contributed by atoms with Crippen molar-refractivity contribution in [2.75, 3.05) is 13.1 Å². The van der Waals surface area contributed by atoms with E-state index in [4.69, 9.17) is 0 Å². The minimum atomic E-state index is -4.93. The highest BCUT2D eigenvalue weighted by atomic mass is 32.1. The van der Waals surface area contributed by atoms with Crippen LogP contribution in [0.1, 0.15) is 12.8 Å². The van der Waals surface area contributed by atoms with Crippen molar-refractivity contribution in [3.8, 4) is 0 Å². The molecule has 1 saturated heterocycles. The van der Waals surface area contributed by atoms with Crippen LogP contribution in [0.3, 0.4) is 0 Å². The molecule has 18 heavy (non-hydrogen) atoms. The molecule has 3 unspecified atom stereocenters. The molecular weight excluding hydrogens is 300 g/mol. The molecule has 1 aliphatic heterocycles. The topological polar surface area (TPSA) is 127 Å². The number of fused-ring (bicyclic) bond motifs is 1. The molecule has 1 saturated carbocycles. The summed E-state index contributed by atoms with van der Waals surface area (Å²) in [6.45, 7) is 0.912. The maximum atomic E-state index is 11.8. The lowest BCUT2D eigenvalue weighted by Gasteiger charge is -2.42. The van der Waals surface area contributed by atoms with E-state index >= 15 is 0 Å². The lowest BCUT2D eigenvalue weighted by atomic mass is 9.89. The third kappa shape index (κ3) is 2.03. The van der Waals surface area contributed by atoms with Crippen molar-refractivity contribution in [2.45, 2.75) is 23.0 Å². The highest BCUT2D eigenvalue weighted by Gasteiger charge is 2.70. The minimum absolute atomic E-state index is 0.151. The molecule has 1 aliphatic carbocycles. The summed E-state index contributed by atoms with van der Waals surface area (Å²) < 4.78 is 23.5. The third-order valence-electron chi connectivity index (χ3n) is 4.11. The van der Waals surface area contributed by atoms with E-state index < -0.39 is 31.3 Å². The van der Waals surface area contributed by atoms with Crippen LogP contribution in [-0.2, 0) is 9.13 Å². The van der Waals surface area contributed by atoms with Crippen LogP contribution < -0.4 is 5.32 Å². The van der Waals surface area contributed by atoms with Crippen LogP contribution in [0.5, 0.6) is 0 Å². The van der Waals surface area contributed by atoms with Gasteiger partial charge in [-0.1, -0.05) is 0 Å². The molecular formula is C8H17NO6P2S. The number of thiol groups is 1. The molecule has 1 heterocycles. The fourth-order valence-corrected chi connectivity index (χ4v) is 7.98. The molecule has 0 amide bonds. The first-order valence-electron chi connectivity index (χ1n) is 5.61. The predicted octanol–water partition coefficient (Wildman–Crippen LogP) is -0.0341. The maximum absolute atomic E-state index is 11.8. The Morgan fingerprint density at radius 2 is 1.67 bits per heavy atom. The van der Waals surface area contributed by atoms with Gasteiger partial charge in [0.25, 0.3) is 0 Å². The van der Waals surface area contributed by atoms with Gasteiger partial charge < -0.3 is 24.9 Å². The average molecular weight is 317 g/mol. The molecule has 7 nitrogen and oxygen atoms in total. The molecule has 0 radical (unpaired) electrons.